The zero-order valence-electron chi connectivity index (χ0n) is 7.03. The molecule has 0 saturated heterocycles. The summed E-state index contributed by atoms with van der Waals surface area (Å²) < 4.78 is 5.39. The maximum absolute atomic E-state index is 5.39. The van der Waals surface area contributed by atoms with E-state index >= 15 is 0 Å². The summed E-state index contributed by atoms with van der Waals surface area (Å²) in [5.74, 6) is 2.06. The summed E-state index contributed by atoms with van der Waals surface area (Å²) in [7, 11) is 0. The van der Waals surface area contributed by atoms with Gasteiger partial charge in [0.05, 0.1) is 0 Å². The van der Waals surface area contributed by atoms with Crippen molar-refractivity contribution < 1.29 is 4.42 Å². The standard InChI is InChI=1S/C11H7BO/c1-2-9-6-8-3-4-12-10(8)7-11(9)13-5-1/h1-7H. The van der Waals surface area contributed by atoms with Crippen LogP contribution in [-0.2, 0) is 0 Å². The molecule has 0 fully saturated rings. The third-order valence-electron chi connectivity index (χ3n) is 2.32. The van der Waals surface area contributed by atoms with Gasteiger partial charge in [-0.3, -0.25) is 0 Å². The van der Waals surface area contributed by atoms with Crippen LogP contribution in [0.25, 0.3) is 21.6 Å². The quantitative estimate of drug-likeness (QED) is 0.500. The van der Waals surface area contributed by atoms with Crippen LogP contribution in [0.1, 0.15) is 0 Å². The molecule has 0 atom stereocenters. The molecule has 0 aliphatic rings. The first-order chi connectivity index (χ1) is 6.43. The Morgan fingerprint density at radius 1 is 1.08 bits per heavy atom. The molecule has 0 unspecified atom stereocenters. The van der Waals surface area contributed by atoms with Gasteiger partial charge in [-0.2, -0.15) is 0 Å². The normalized spacial score (nSPS) is 10.8. The van der Waals surface area contributed by atoms with Gasteiger partial charge in [0.1, 0.15) is 0 Å². The van der Waals surface area contributed by atoms with Crippen molar-refractivity contribution in [3.63, 3.8) is 0 Å². The number of hydrogen-bond acceptors (Lipinski definition) is 1. The van der Waals surface area contributed by atoms with Crippen LogP contribution in [0.4, 0.5) is 0 Å². The van der Waals surface area contributed by atoms with Gasteiger partial charge in [-0.25, -0.2) is 0 Å². The molecule has 0 aliphatic carbocycles. The third kappa shape index (κ3) is 0.986. The fourth-order valence-electron chi connectivity index (χ4n) is 1.66. The van der Waals surface area contributed by atoms with Gasteiger partial charge in [0.2, 0.25) is 0 Å². The van der Waals surface area contributed by atoms with Crippen LogP contribution in [0.2, 0.25) is 0 Å². The minimum atomic E-state index is 0.946. The van der Waals surface area contributed by atoms with Crippen molar-refractivity contribution in [2.24, 2.45) is 0 Å². The number of benzene rings is 1. The molecule has 0 saturated carbocycles. The number of fused-ring (bicyclic) bond motifs is 2. The van der Waals surface area contributed by atoms with Crippen LogP contribution in [-0.4, -0.2) is 6.91 Å². The number of hydrogen-bond donors (Lipinski definition) is 0. The fourth-order valence-corrected chi connectivity index (χ4v) is 1.66. The molecule has 60 valence electrons. The Balaban J connectivity index is 2.57. The summed E-state index contributed by atoms with van der Waals surface area (Å²) in [6.45, 7) is 2.09. The molecule has 0 N–H and O–H groups in total. The van der Waals surface area contributed by atoms with Crippen LogP contribution in [0, 0.1) is 0 Å². The summed E-state index contributed by atoms with van der Waals surface area (Å²) in [6.07, 6.45) is 1.71. The van der Waals surface area contributed by atoms with Crippen molar-refractivity contribution in [2.45, 2.75) is 0 Å². The predicted octanol–water partition coefficient (Wildman–Crippen LogP) is 2.92. The van der Waals surface area contributed by atoms with E-state index in [2.05, 4.69) is 37.1 Å². The van der Waals surface area contributed by atoms with Crippen LogP contribution >= 0.6 is 0 Å². The molecule has 2 aromatic heterocycles. The maximum atomic E-state index is 5.39. The second kappa shape index (κ2) is 2.46. The van der Waals surface area contributed by atoms with Crippen molar-refractivity contribution in [1.82, 2.24) is 0 Å². The summed E-state index contributed by atoms with van der Waals surface area (Å²) in [5, 5.41) is 3.66. The summed E-state index contributed by atoms with van der Waals surface area (Å²) >= 11 is 0. The van der Waals surface area contributed by atoms with Crippen molar-refractivity contribution >= 4 is 28.5 Å². The van der Waals surface area contributed by atoms with E-state index in [1.165, 1.54) is 10.7 Å². The Morgan fingerprint density at radius 2 is 2.08 bits per heavy atom. The van der Waals surface area contributed by atoms with Gasteiger partial charge in [-0.1, -0.05) is 0 Å². The molecule has 1 aromatic carbocycles. The molecule has 0 spiro atoms. The minimum absolute atomic E-state index is 0.946. The second-order valence-electron chi connectivity index (χ2n) is 3.16. The molecule has 3 rings (SSSR count). The first-order valence-corrected chi connectivity index (χ1v) is 4.29. The molecule has 1 nitrogen and oxygen atoms in total. The van der Waals surface area contributed by atoms with Gasteiger partial charge < -0.3 is 0 Å². The Hall–Kier alpha value is -1.57. The van der Waals surface area contributed by atoms with Crippen LogP contribution in [0.15, 0.2) is 47.0 Å². The van der Waals surface area contributed by atoms with Crippen molar-refractivity contribution in [3.8, 4) is 0 Å². The van der Waals surface area contributed by atoms with E-state index in [1.807, 2.05) is 6.07 Å². The molecule has 0 aliphatic heterocycles. The van der Waals surface area contributed by atoms with Gasteiger partial charge >= 0.3 is 75.5 Å². The SMILES string of the molecule is b1ccc2cc3cccoc3cc12. The van der Waals surface area contributed by atoms with E-state index in [4.69, 9.17) is 4.42 Å². The first-order valence-electron chi connectivity index (χ1n) is 4.29. The van der Waals surface area contributed by atoms with E-state index in [0.717, 1.165) is 11.0 Å². The Bertz CT molecular complexity index is 519. The number of rotatable bonds is 0. The zero-order valence-corrected chi connectivity index (χ0v) is 7.03. The van der Waals surface area contributed by atoms with Crippen LogP contribution < -0.4 is 0 Å². The van der Waals surface area contributed by atoms with E-state index in [-0.39, 0.29) is 0 Å². The van der Waals surface area contributed by atoms with Crippen molar-refractivity contribution in [2.75, 3.05) is 0 Å². The molecule has 0 amide bonds. The van der Waals surface area contributed by atoms with Crippen LogP contribution in [0.5, 0.6) is 0 Å². The van der Waals surface area contributed by atoms with Gasteiger partial charge in [-0.05, 0) is 0 Å². The van der Waals surface area contributed by atoms with Gasteiger partial charge in [0, 0.05) is 0 Å². The molecule has 3 aromatic rings. The molecule has 2 heteroatoms. The van der Waals surface area contributed by atoms with Crippen molar-refractivity contribution in [1.29, 1.82) is 0 Å². The summed E-state index contributed by atoms with van der Waals surface area (Å²) in [4.78, 5) is 0. The molecule has 0 bridgehead atoms. The molecular formula is C11H7BO. The van der Waals surface area contributed by atoms with E-state index in [9.17, 15) is 0 Å². The third-order valence-corrected chi connectivity index (χ3v) is 2.32. The predicted molar refractivity (Wildman–Crippen MR) is 55.1 cm³/mol. The molecular weight excluding hydrogens is 159 g/mol. The average Bonchev–Trinajstić information content (AvgIpc) is 2.61. The fraction of sp³-hybridized carbons (Fsp3) is 0. The Labute approximate surface area is 76.2 Å². The first kappa shape index (κ1) is 6.90. The average molecular weight is 166 g/mol. The topological polar surface area (TPSA) is 13.1 Å². The van der Waals surface area contributed by atoms with Crippen molar-refractivity contribution in [3.05, 3.63) is 42.6 Å². The summed E-state index contributed by atoms with van der Waals surface area (Å²) in [5.41, 5.74) is 0.946. The second-order valence-corrected chi connectivity index (χ2v) is 3.16. The monoisotopic (exact) mass is 166 g/mol. The van der Waals surface area contributed by atoms with E-state index in [0.29, 0.717) is 0 Å². The summed E-state index contributed by atoms with van der Waals surface area (Å²) in [6, 6.07) is 10.3. The molecule has 13 heavy (non-hydrogen) atoms. The Kier molecular flexibility index (Phi) is 1.30. The van der Waals surface area contributed by atoms with Crippen LogP contribution in [0.3, 0.4) is 0 Å². The molecule has 2 heterocycles. The molecule has 0 radical (unpaired) electrons. The van der Waals surface area contributed by atoms with E-state index in [1.54, 1.807) is 6.26 Å². The van der Waals surface area contributed by atoms with Gasteiger partial charge in [0.25, 0.3) is 0 Å². The van der Waals surface area contributed by atoms with Gasteiger partial charge in [-0.15, -0.1) is 0 Å². The zero-order chi connectivity index (χ0) is 8.67. The Morgan fingerprint density at radius 3 is 3.08 bits per heavy atom. The van der Waals surface area contributed by atoms with Gasteiger partial charge in [0.15, 0.2) is 0 Å². The van der Waals surface area contributed by atoms with E-state index < -0.39 is 0 Å².